The van der Waals surface area contributed by atoms with E-state index in [0.717, 1.165) is 0 Å². The van der Waals surface area contributed by atoms with Crippen LogP contribution in [-0.2, 0) is 19.2 Å². The molecule has 4 atom stereocenters. The van der Waals surface area contributed by atoms with Gasteiger partial charge in [-0.25, -0.2) is 14.4 Å². The van der Waals surface area contributed by atoms with Crippen LogP contribution in [0.25, 0.3) is 0 Å². The van der Waals surface area contributed by atoms with Crippen LogP contribution in [0.5, 0.6) is 23.0 Å². The summed E-state index contributed by atoms with van der Waals surface area (Å²) in [5, 5.41) is 36.1. The van der Waals surface area contributed by atoms with E-state index in [4.69, 9.17) is 58.8 Å². The smallest absolute Gasteiger partial charge is 0.312 e. The minimum absolute atomic E-state index is 0.00161. The molecule has 0 bridgehead atoms. The highest BCUT2D eigenvalue weighted by atomic mass is 16.5. The van der Waals surface area contributed by atoms with Crippen molar-refractivity contribution in [2.45, 2.75) is 75.5 Å². The van der Waals surface area contributed by atoms with Crippen molar-refractivity contribution in [3.8, 4) is 23.0 Å². The molecule has 0 aliphatic rings. The lowest BCUT2D eigenvalue weighted by atomic mass is 10.1. The second kappa shape index (κ2) is 35.4. The number of amides is 14. The SMILES string of the molecule is COc1ccc(NC(=O)[C@@H](CCCNC(N)=O)NC(=O)c2cc(NC(=O)[C@@H](CCCNC(=N)N)NC(=O)c3cc(NC(=O)[C@@H](CCCNC(N)=O)NC(=O)c4cc(NC(=O)[C@H](N)CCCNC(N)=O)ccc4OC)ccc3OC)ccc2OC)cc1C(N)=O. The zero-order chi connectivity index (χ0) is 65.7. The molecular formula is C56H76N18O15. The molecule has 89 heavy (non-hydrogen) atoms. The van der Waals surface area contributed by atoms with Gasteiger partial charge in [-0.3, -0.25) is 43.8 Å². The third-order valence-electron chi connectivity index (χ3n) is 13.0. The van der Waals surface area contributed by atoms with Crippen LogP contribution in [-0.4, -0.2) is 150 Å². The van der Waals surface area contributed by atoms with Crippen LogP contribution < -0.4 is 112 Å². The van der Waals surface area contributed by atoms with E-state index in [1.807, 2.05) is 0 Å². The highest BCUT2D eigenvalue weighted by molar-refractivity contribution is 6.08. The van der Waals surface area contributed by atoms with Crippen LogP contribution >= 0.6 is 0 Å². The Morgan fingerprint density at radius 1 is 0.393 bits per heavy atom. The number of carbonyl (C=O) groups is 11. The van der Waals surface area contributed by atoms with Gasteiger partial charge in [0, 0.05) is 48.9 Å². The zero-order valence-electron chi connectivity index (χ0n) is 49.3. The predicted octanol–water partition coefficient (Wildman–Crippen LogP) is -0.0942. The summed E-state index contributed by atoms with van der Waals surface area (Å²) in [6.45, 7) is 0.337. The molecule has 0 heterocycles. The van der Waals surface area contributed by atoms with Crippen molar-refractivity contribution in [2.24, 2.45) is 34.4 Å². The number of benzene rings is 4. The van der Waals surface area contributed by atoms with Crippen LogP contribution in [0.4, 0.5) is 37.1 Å². The Bertz CT molecular complexity index is 3240. The number of hydrogen-bond acceptors (Lipinski definition) is 17. The molecule has 33 nitrogen and oxygen atoms in total. The van der Waals surface area contributed by atoms with Gasteiger partial charge in [-0.2, -0.15) is 0 Å². The number of anilines is 4. The van der Waals surface area contributed by atoms with E-state index < -0.39 is 89.5 Å². The van der Waals surface area contributed by atoms with Crippen molar-refractivity contribution in [1.82, 2.24) is 37.2 Å². The standard InChI is InChI=1S/C56H76N18O15/c1-86-41-17-13-29(25-33(41)45(58)75)69-50(80)39(11-7-23-66-55(62)84)73-48(78)36-27-31(15-19-44(36)89-4)70-51(81)38(10-6-21-64-53(59)60)72-47(77)35-28-32(16-20-43(35)88-3)71-52(82)40(12-8-24-67-56(63)85)74-46(76)34-26-30(14-18-42(34)87-2)68-49(79)37(57)9-5-22-65-54(61)83/h13-20,25-28,37-40H,5-12,21-24,57H2,1-4H3,(H2,58,75)(H,68,79)(H,69,80)(H,70,81)(H,71,82)(H,72,77)(H,73,78)(H,74,76)(H4,59,60,64)(H3,61,65,83)(H3,62,66,84)(H3,63,67,85)/t37-,38-,39-,40-/m1/s1. The van der Waals surface area contributed by atoms with Crippen molar-refractivity contribution in [3.63, 3.8) is 0 Å². The van der Waals surface area contributed by atoms with Crippen LogP contribution in [0, 0.1) is 5.41 Å². The number of hydrogen-bond donors (Lipinski definition) is 18. The molecule has 0 aromatic heterocycles. The Labute approximate surface area is 510 Å². The lowest BCUT2D eigenvalue weighted by molar-refractivity contribution is -0.118. The maximum Gasteiger partial charge on any atom is 0.312 e. The van der Waals surface area contributed by atoms with Gasteiger partial charge in [0.15, 0.2) is 5.96 Å². The minimum Gasteiger partial charge on any atom is -0.496 e. The molecular weight excluding hydrogens is 1160 g/mol. The van der Waals surface area contributed by atoms with Gasteiger partial charge in [0.1, 0.15) is 41.1 Å². The highest BCUT2D eigenvalue weighted by Crippen LogP contribution is 2.28. The Morgan fingerprint density at radius 2 is 0.663 bits per heavy atom. The summed E-state index contributed by atoms with van der Waals surface area (Å²) in [7, 11) is 5.19. The average molecular weight is 1240 g/mol. The first-order chi connectivity index (χ1) is 42.4. The molecule has 0 unspecified atom stereocenters. The number of carbonyl (C=O) groups excluding carboxylic acids is 11. The number of primary amides is 4. The Morgan fingerprint density at radius 3 is 0.944 bits per heavy atom. The topological polar surface area (TPSA) is 537 Å². The van der Waals surface area contributed by atoms with E-state index in [1.54, 1.807) is 0 Å². The fourth-order valence-electron chi connectivity index (χ4n) is 8.53. The lowest BCUT2D eigenvalue weighted by Gasteiger charge is -2.22. The molecule has 0 spiro atoms. The second-order valence-electron chi connectivity index (χ2n) is 19.4. The van der Waals surface area contributed by atoms with E-state index in [0.29, 0.717) is 6.42 Å². The van der Waals surface area contributed by atoms with Crippen molar-refractivity contribution < 1.29 is 71.7 Å². The molecule has 0 aliphatic heterocycles. The van der Waals surface area contributed by atoms with E-state index in [1.165, 1.54) is 101 Å². The minimum atomic E-state index is -1.35. The van der Waals surface area contributed by atoms with Crippen molar-refractivity contribution in [1.29, 1.82) is 5.41 Å². The maximum absolute atomic E-state index is 14.3. The van der Waals surface area contributed by atoms with E-state index in [2.05, 4.69) is 58.5 Å². The van der Waals surface area contributed by atoms with E-state index >= 15 is 0 Å². The van der Waals surface area contributed by atoms with Gasteiger partial charge in [0.25, 0.3) is 23.6 Å². The zero-order valence-corrected chi connectivity index (χ0v) is 49.3. The average Bonchev–Trinajstić information content (AvgIpc) is 2.33. The fourth-order valence-corrected chi connectivity index (χ4v) is 8.53. The van der Waals surface area contributed by atoms with E-state index in [-0.39, 0.29) is 145 Å². The fraction of sp³-hybridized carbons (Fsp3) is 0.357. The van der Waals surface area contributed by atoms with Gasteiger partial charge < -0.3 is 112 Å². The van der Waals surface area contributed by atoms with Gasteiger partial charge >= 0.3 is 18.1 Å². The number of guanidine groups is 1. The molecule has 33 heteroatoms. The molecule has 4 aromatic carbocycles. The Balaban J connectivity index is 1.59. The number of methoxy groups -OCH3 is 4. The first kappa shape index (κ1) is 70.4. The molecule has 14 amide bonds. The second-order valence-corrected chi connectivity index (χ2v) is 19.4. The maximum atomic E-state index is 14.3. The number of nitrogens with two attached hydrogens (primary N) is 6. The number of urea groups is 3. The summed E-state index contributed by atoms with van der Waals surface area (Å²) in [5.41, 5.74) is 32.5. The lowest BCUT2D eigenvalue weighted by Crippen LogP contribution is -2.45. The van der Waals surface area contributed by atoms with Crippen molar-refractivity contribution >= 4 is 94.1 Å². The highest BCUT2D eigenvalue weighted by Gasteiger charge is 2.29. The van der Waals surface area contributed by atoms with Crippen LogP contribution in [0.1, 0.15) is 92.8 Å². The van der Waals surface area contributed by atoms with Gasteiger partial charge in [0.05, 0.1) is 56.7 Å². The number of ether oxygens (including phenoxy) is 4. The largest absolute Gasteiger partial charge is 0.496 e. The Hall–Kier alpha value is -11.1. The summed E-state index contributed by atoms with van der Waals surface area (Å²) < 4.78 is 21.6. The molecule has 24 N–H and O–H groups in total. The summed E-state index contributed by atoms with van der Waals surface area (Å²) in [4.78, 5) is 144. The van der Waals surface area contributed by atoms with Gasteiger partial charge in [-0.15, -0.1) is 0 Å². The third kappa shape index (κ3) is 23.0. The summed E-state index contributed by atoms with van der Waals surface area (Å²) >= 11 is 0. The molecule has 4 rings (SSSR count). The number of nitrogens with one attached hydrogen (secondary N) is 12. The number of rotatable bonds is 35. The third-order valence-corrected chi connectivity index (χ3v) is 13.0. The molecule has 480 valence electrons. The van der Waals surface area contributed by atoms with Crippen LogP contribution in [0.2, 0.25) is 0 Å². The summed E-state index contributed by atoms with van der Waals surface area (Å²) in [6, 6.07) is 9.06. The Kier molecular flexibility index (Phi) is 28.0. The quantitative estimate of drug-likeness (QED) is 0.0163. The molecule has 0 saturated carbocycles. The van der Waals surface area contributed by atoms with Crippen molar-refractivity contribution in [2.75, 3.05) is 75.9 Å². The summed E-state index contributed by atoms with van der Waals surface area (Å²) in [5.74, 6) is -6.40. The van der Waals surface area contributed by atoms with Gasteiger partial charge in [0.2, 0.25) is 23.6 Å². The normalized spacial score (nSPS) is 11.9. The van der Waals surface area contributed by atoms with Crippen LogP contribution in [0.15, 0.2) is 72.8 Å². The van der Waals surface area contributed by atoms with Gasteiger partial charge in [-0.1, -0.05) is 0 Å². The predicted molar refractivity (Wildman–Crippen MR) is 326 cm³/mol. The van der Waals surface area contributed by atoms with Crippen molar-refractivity contribution in [3.05, 3.63) is 95.1 Å². The molecule has 0 fully saturated rings. The molecule has 4 aromatic rings. The first-order valence-electron chi connectivity index (χ1n) is 27.5. The monoisotopic (exact) mass is 1240 g/mol. The molecule has 0 radical (unpaired) electrons. The molecule has 0 aliphatic carbocycles. The first-order valence-corrected chi connectivity index (χ1v) is 27.5. The van der Waals surface area contributed by atoms with Gasteiger partial charge in [-0.05, 0) is 124 Å². The molecule has 0 saturated heterocycles. The van der Waals surface area contributed by atoms with Crippen LogP contribution in [0.3, 0.4) is 0 Å². The van der Waals surface area contributed by atoms with E-state index in [9.17, 15) is 52.7 Å². The summed E-state index contributed by atoms with van der Waals surface area (Å²) in [6.07, 6.45) is 0.801.